The fraction of sp³-hybridized carbons (Fsp3) is 0.455. The highest BCUT2D eigenvalue weighted by Gasteiger charge is 2.23. The summed E-state index contributed by atoms with van der Waals surface area (Å²) in [6.45, 7) is 2.95. The van der Waals surface area contributed by atoms with Crippen molar-refractivity contribution >= 4 is 25.4 Å². The molecule has 1 aromatic rings. The summed E-state index contributed by atoms with van der Waals surface area (Å²) in [5.74, 6) is 0.570. The molecule has 1 N–H and O–H groups in total. The van der Waals surface area contributed by atoms with Gasteiger partial charge in [0.2, 0.25) is 0 Å². The molecular formula is C11H14ClNO2S. The second-order valence-corrected chi connectivity index (χ2v) is 6.62. The van der Waals surface area contributed by atoms with Crippen LogP contribution in [0.25, 0.3) is 0 Å². The molecule has 1 heterocycles. The number of anilines is 1. The summed E-state index contributed by atoms with van der Waals surface area (Å²) in [6.07, 6.45) is 2.00. The van der Waals surface area contributed by atoms with Crippen LogP contribution in [-0.2, 0) is 15.5 Å². The molecule has 0 aromatic heterocycles. The topological polar surface area (TPSA) is 46.2 Å². The van der Waals surface area contributed by atoms with Crippen molar-refractivity contribution < 1.29 is 8.42 Å². The van der Waals surface area contributed by atoms with Crippen molar-refractivity contribution in [2.45, 2.75) is 24.7 Å². The van der Waals surface area contributed by atoms with Crippen molar-refractivity contribution in [3.8, 4) is 0 Å². The number of rotatable bonds is 2. The summed E-state index contributed by atoms with van der Waals surface area (Å²) in [5.41, 5.74) is 1.72. The number of hydrogen-bond donors (Lipinski definition) is 1. The van der Waals surface area contributed by atoms with E-state index in [0.717, 1.165) is 24.9 Å². The standard InChI is InChI=1S/C11H14ClNO2S/c1-2-8-6-9-4-3-5-10(16(12,14)15)11(9)13-7-8/h3-5,8,13H,2,6-7H2,1H3. The molecule has 5 heteroatoms. The minimum absolute atomic E-state index is 0.196. The van der Waals surface area contributed by atoms with Gasteiger partial charge in [0.1, 0.15) is 4.90 Å². The maximum Gasteiger partial charge on any atom is 0.263 e. The minimum Gasteiger partial charge on any atom is -0.383 e. The first-order chi connectivity index (χ1) is 7.52. The lowest BCUT2D eigenvalue weighted by Crippen LogP contribution is -2.23. The molecule has 0 spiro atoms. The van der Waals surface area contributed by atoms with Gasteiger partial charge >= 0.3 is 0 Å². The zero-order valence-corrected chi connectivity index (χ0v) is 10.6. The average molecular weight is 260 g/mol. The van der Waals surface area contributed by atoms with Crippen molar-refractivity contribution in [2.75, 3.05) is 11.9 Å². The van der Waals surface area contributed by atoms with Crippen LogP contribution in [0.2, 0.25) is 0 Å². The Morgan fingerprint density at radius 1 is 1.50 bits per heavy atom. The molecule has 0 saturated carbocycles. The van der Waals surface area contributed by atoms with Gasteiger partial charge in [-0.3, -0.25) is 0 Å². The summed E-state index contributed by atoms with van der Waals surface area (Å²) in [7, 11) is 1.74. The zero-order valence-electron chi connectivity index (χ0n) is 9.03. The molecule has 1 atom stereocenters. The van der Waals surface area contributed by atoms with Gasteiger partial charge in [-0.15, -0.1) is 0 Å². The first-order valence-electron chi connectivity index (χ1n) is 5.32. The van der Waals surface area contributed by atoms with Crippen LogP contribution >= 0.6 is 10.7 Å². The molecule has 0 radical (unpaired) electrons. The number of nitrogens with one attached hydrogen (secondary N) is 1. The smallest absolute Gasteiger partial charge is 0.263 e. The minimum atomic E-state index is -3.66. The molecule has 1 aliphatic heterocycles. The van der Waals surface area contributed by atoms with Crippen LogP contribution in [0.4, 0.5) is 5.69 Å². The Bertz CT molecular complexity index is 499. The van der Waals surface area contributed by atoms with Crippen LogP contribution in [0.15, 0.2) is 23.1 Å². The number of hydrogen-bond acceptors (Lipinski definition) is 3. The van der Waals surface area contributed by atoms with Gasteiger partial charge in [-0.05, 0) is 24.0 Å². The molecular weight excluding hydrogens is 246 g/mol. The van der Waals surface area contributed by atoms with E-state index in [1.165, 1.54) is 0 Å². The zero-order chi connectivity index (χ0) is 11.8. The molecule has 1 aliphatic rings. The van der Waals surface area contributed by atoms with E-state index >= 15 is 0 Å². The molecule has 0 bridgehead atoms. The second kappa shape index (κ2) is 4.26. The summed E-state index contributed by atoms with van der Waals surface area (Å²) < 4.78 is 22.8. The molecule has 3 nitrogen and oxygen atoms in total. The van der Waals surface area contributed by atoms with E-state index in [9.17, 15) is 8.42 Å². The number of para-hydroxylation sites is 1. The Morgan fingerprint density at radius 2 is 2.25 bits per heavy atom. The van der Waals surface area contributed by atoms with E-state index < -0.39 is 9.05 Å². The highest BCUT2D eigenvalue weighted by atomic mass is 35.7. The van der Waals surface area contributed by atoms with Gasteiger partial charge in [-0.2, -0.15) is 0 Å². The molecule has 88 valence electrons. The lowest BCUT2D eigenvalue weighted by atomic mass is 9.92. The number of halogens is 1. The van der Waals surface area contributed by atoms with Crippen molar-refractivity contribution in [3.05, 3.63) is 23.8 Å². The van der Waals surface area contributed by atoms with E-state index in [1.807, 2.05) is 6.07 Å². The van der Waals surface area contributed by atoms with E-state index in [-0.39, 0.29) is 4.90 Å². The Balaban J connectivity index is 2.47. The Labute approximate surface area is 100 Å². The Morgan fingerprint density at radius 3 is 2.88 bits per heavy atom. The van der Waals surface area contributed by atoms with Crippen molar-refractivity contribution in [2.24, 2.45) is 5.92 Å². The molecule has 0 saturated heterocycles. The third kappa shape index (κ3) is 2.18. The SMILES string of the molecule is CCC1CNc2c(cccc2S(=O)(=O)Cl)C1. The molecule has 16 heavy (non-hydrogen) atoms. The Kier molecular flexibility index (Phi) is 3.13. The molecule has 1 unspecified atom stereocenters. The fourth-order valence-corrected chi connectivity index (χ4v) is 3.14. The first-order valence-corrected chi connectivity index (χ1v) is 7.63. The highest BCUT2D eigenvalue weighted by Crippen LogP contribution is 2.33. The van der Waals surface area contributed by atoms with E-state index in [1.54, 1.807) is 12.1 Å². The molecule has 0 fully saturated rings. The maximum absolute atomic E-state index is 11.4. The monoisotopic (exact) mass is 259 g/mol. The van der Waals surface area contributed by atoms with E-state index in [4.69, 9.17) is 10.7 Å². The lowest BCUT2D eigenvalue weighted by molar-refractivity contribution is 0.518. The van der Waals surface area contributed by atoms with Crippen LogP contribution in [0, 0.1) is 5.92 Å². The predicted molar refractivity (Wildman–Crippen MR) is 65.5 cm³/mol. The lowest BCUT2D eigenvalue weighted by Gasteiger charge is -2.26. The largest absolute Gasteiger partial charge is 0.383 e. The van der Waals surface area contributed by atoms with Crippen LogP contribution in [-0.4, -0.2) is 15.0 Å². The van der Waals surface area contributed by atoms with Crippen LogP contribution in [0.3, 0.4) is 0 Å². The van der Waals surface area contributed by atoms with Crippen LogP contribution in [0.5, 0.6) is 0 Å². The fourth-order valence-electron chi connectivity index (χ4n) is 2.07. The average Bonchev–Trinajstić information content (AvgIpc) is 2.26. The molecule has 2 rings (SSSR count). The van der Waals surface area contributed by atoms with Gasteiger partial charge in [0.25, 0.3) is 9.05 Å². The molecule has 1 aromatic carbocycles. The van der Waals surface area contributed by atoms with Crippen LogP contribution < -0.4 is 5.32 Å². The van der Waals surface area contributed by atoms with Gasteiger partial charge in [-0.1, -0.05) is 25.5 Å². The summed E-state index contributed by atoms with van der Waals surface area (Å²) in [6, 6.07) is 5.24. The number of fused-ring (bicyclic) bond motifs is 1. The first kappa shape index (κ1) is 11.7. The normalized spacial score (nSPS) is 20.0. The van der Waals surface area contributed by atoms with Crippen molar-refractivity contribution in [1.82, 2.24) is 0 Å². The highest BCUT2D eigenvalue weighted by molar-refractivity contribution is 8.13. The summed E-state index contributed by atoms with van der Waals surface area (Å²) in [5, 5.41) is 3.18. The van der Waals surface area contributed by atoms with Gasteiger partial charge in [-0.25, -0.2) is 8.42 Å². The quantitative estimate of drug-likeness (QED) is 0.831. The van der Waals surface area contributed by atoms with E-state index in [2.05, 4.69) is 12.2 Å². The van der Waals surface area contributed by atoms with Crippen molar-refractivity contribution in [3.63, 3.8) is 0 Å². The van der Waals surface area contributed by atoms with Gasteiger partial charge in [0, 0.05) is 17.2 Å². The Hall–Kier alpha value is -0.740. The summed E-state index contributed by atoms with van der Waals surface area (Å²) in [4.78, 5) is 0.196. The maximum atomic E-state index is 11.4. The second-order valence-electron chi connectivity index (χ2n) is 4.09. The third-order valence-electron chi connectivity index (χ3n) is 3.03. The van der Waals surface area contributed by atoms with Gasteiger partial charge < -0.3 is 5.32 Å². The van der Waals surface area contributed by atoms with Gasteiger partial charge in [0.05, 0.1) is 5.69 Å². The predicted octanol–water partition coefficient (Wildman–Crippen LogP) is 2.61. The van der Waals surface area contributed by atoms with E-state index in [0.29, 0.717) is 11.6 Å². The third-order valence-corrected chi connectivity index (χ3v) is 4.39. The summed E-state index contributed by atoms with van der Waals surface area (Å²) >= 11 is 0. The van der Waals surface area contributed by atoms with Crippen LogP contribution in [0.1, 0.15) is 18.9 Å². The molecule has 0 amide bonds. The van der Waals surface area contributed by atoms with Gasteiger partial charge in [0.15, 0.2) is 0 Å². The molecule has 0 aliphatic carbocycles. The number of benzene rings is 1. The van der Waals surface area contributed by atoms with Crippen molar-refractivity contribution in [1.29, 1.82) is 0 Å².